The monoisotopic (exact) mass is 475 g/mol. The van der Waals surface area contributed by atoms with Gasteiger partial charge >= 0.3 is 0 Å². The maximum Gasteiger partial charge on any atom is 0.138 e. The van der Waals surface area contributed by atoms with Crippen LogP contribution in [0.25, 0.3) is 33.4 Å². The van der Waals surface area contributed by atoms with Crippen LogP contribution in [0.5, 0.6) is 5.75 Å². The number of ether oxygens (including phenoxy) is 1. The summed E-state index contributed by atoms with van der Waals surface area (Å²) in [6.07, 6.45) is 5.47. The lowest BCUT2D eigenvalue weighted by atomic mass is 9.99. The smallest absolute Gasteiger partial charge is 0.138 e. The standard InChI is InChI=1S/C26H26BrN3O/c1-30-13-6-10-21(30)12-14-31-22-11-5-9-19(15-22)24-23-16-20(27)17-28-26(23)29-25(24)18-7-3-2-4-8-18/h2-5,7-9,11,15-17,21H,6,10,12-14H2,1H3,(H,28,29). The fourth-order valence-corrected chi connectivity index (χ4v) is 4.90. The number of rotatable bonds is 6. The van der Waals surface area contributed by atoms with Gasteiger partial charge in [-0.2, -0.15) is 0 Å². The van der Waals surface area contributed by atoms with Crippen molar-refractivity contribution < 1.29 is 4.74 Å². The number of H-pyrrole nitrogens is 1. The van der Waals surface area contributed by atoms with E-state index in [1.54, 1.807) is 0 Å². The van der Waals surface area contributed by atoms with Crippen LogP contribution in [0.15, 0.2) is 71.3 Å². The molecule has 4 nitrogen and oxygen atoms in total. The van der Waals surface area contributed by atoms with Gasteiger partial charge < -0.3 is 14.6 Å². The van der Waals surface area contributed by atoms with Crippen molar-refractivity contribution in [2.75, 3.05) is 20.2 Å². The Balaban J connectivity index is 1.48. The van der Waals surface area contributed by atoms with Gasteiger partial charge in [-0.1, -0.05) is 42.5 Å². The number of hydrogen-bond acceptors (Lipinski definition) is 3. The Hall–Kier alpha value is -2.63. The summed E-state index contributed by atoms with van der Waals surface area (Å²) < 4.78 is 7.14. The van der Waals surface area contributed by atoms with Crippen LogP contribution in [0.2, 0.25) is 0 Å². The van der Waals surface area contributed by atoms with Crippen molar-refractivity contribution >= 4 is 27.0 Å². The molecule has 0 amide bonds. The molecule has 1 atom stereocenters. The van der Waals surface area contributed by atoms with E-state index in [0.29, 0.717) is 6.04 Å². The molecule has 2 aromatic carbocycles. The van der Waals surface area contributed by atoms with Crippen LogP contribution in [0.4, 0.5) is 0 Å². The number of nitrogens with zero attached hydrogens (tertiary/aromatic N) is 2. The fraction of sp³-hybridized carbons (Fsp3) is 0.269. The zero-order valence-corrected chi connectivity index (χ0v) is 19.2. The maximum atomic E-state index is 6.17. The molecule has 1 N–H and O–H groups in total. The summed E-state index contributed by atoms with van der Waals surface area (Å²) >= 11 is 3.59. The van der Waals surface area contributed by atoms with Crippen molar-refractivity contribution in [1.82, 2.24) is 14.9 Å². The van der Waals surface area contributed by atoms with E-state index in [1.165, 1.54) is 19.4 Å². The maximum absolute atomic E-state index is 6.17. The molecule has 3 heterocycles. The average Bonchev–Trinajstić information content (AvgIpc) is 3.37. The number of halogens is 1. The van der Waals surface area contributed by atoms with Crippen molar-refractivity contribution in [2.24, 2.45) is 0 Å². The minimum absolute atomic E-state index is 0.643. The number of benzene rings is 2. The second-order valence-corrected chi connectivity index (χ2v) is 9.15. The van der Waals surface area contributed by atoms with Crippen molar-refractivity contribution in [3.05, 3.63) is 71.3 Å². The van der Waals surface area contributed by atoms with E-state index in [2.05, 4.69) is 86.4 Å². The largest absolute Gasteiger partial charge is 0.494 e. The number of pyridine rings is 1. The van der Waals surface area contributed by atoms with E-state index in [-0.39, 0.29) is 0 Å². The quantitative estimate of drug-likeness (QED) is 0.344. The van der Waals surface area contributed by atoms with Crippen LogP contribution < -0.4 is 4.74 Å². The lowest BCUT2D eigenvalue weighted by Crippen LogP contribution is -2.26. The number of likely N-dealkylation sites (tertiary alicyclic amines) is 1. The Morgan fingerprint density at radius 2 is 1.94 bits per heavy atom. The average molecular weight is 476 g/mol. The molecule has 1 aliphatic heterocycles. The Bertz CT molecular complexity index is 1190. The molecule has 158 valence electrons. The Morgan fingerprint density at radius 3 is 2.74 bits per heavy atom. The highest BCUT2D eigenvalue weighted by atomic mass is 79.9. The number of aromatic amines is 1. The zero-order valence-electron chi connectivity index (χ0n) is 17.6. The minimum atomic E-state index is 0.643. The summed E-state index contributed by atoms with van der Waals surface area (Å²) in [5.41, 5.74) is 5.37. The topological polar surface area (TPSA) is 41.1 Å². The Morgan fingerprint density at radius 1 is 1.10 bits per heavy atom. The van der Waals surface area contributed by atoms with Gasteiger partial charge in [0.2, 0.25) is 0 Å². The predicted octanol–water partition coefficient (Wildman–Crippen LogP) is 6.52. The number of fused-ring (bicyclic) bond motifs is 1. The van der Waals surface area contributed by atoms with Crippen LogP contribution in [0.1, 0.15) is 19.3 Å². The number of hydrogen-bond donors (Lipinski definition) is 1. The van der Waals surface area contributed by atoms with E-state index in [4.69, 9.17) is 4.74 Å². The van der Waals surface area contributed by atoms with Gasteiger partial charge in [-0.25, -0.2) is 4.98 Å². The van der Waals surface area contributed by atoms with Gasteiger partial charge in [0.1, 0.15) is 11.4 Å². The molecule has 5 heteroatoms. The summed E-state index contributed by atoms with van der Waals surface area (Å²) in [7, 11) is 2.21. The van der Waals surface area contributed by atoms with E-state index in [1.807, 2.05) is 18.3 Å². The number of aromatic nitrogens is 2. The number of nitrogens with one attached hydrogen (secondary N) is 1. The van der Waals surface area contributed by atoms with Crippen molar-refractivity contribution in [1.29, 1.82) is 0 Å². The van der Waals surface area contributed by atoms with Crippen LogP contribution in [-0.4, -0.2) is 41.1 Å². The van der Waals surface area contributed by atoms with Crippen LogP contribution >= 0.6 is 15.9 Å². The third-order valence-corrected chi connectivity index (χ3v) is 6.63. The third kappa shape index (κ3) is 4.25. The van der Waals surface area contributed by atoms with Gasteiger partial charge in [0, 0.05) is 27.7 Å². The molecule has 0 aliphatic carbocycles. The Labute approximate surface area is 191 Å². The molecular formula is C26H26BrN3O. The molecule has 1 fully saturated rings. The summed E-state index contributed by atoms with van der Waals surface area (Å²) in [5, 5.41) is 1.10. The SMILES string of the molecule is CN1CCCC1CCOc1cccc(-c2c(-c3ccccc3)[nH]c3ncc(Br)cc23)c1. The van der Waals surface area contributed by atoms with Gasteiger partial charge in [0.05, 0.1) is 12.3 Å². The molecule has 31 heavy (non-hydrogen) atoms. The van der Waals surface area contributed by atoms with E-state index < -0.39 is 0 Å². The third-order valence-electron chi connectivity index (χ3n) is 6.19. The highest BCUT2D eigenvalue weighted by Crippen LogP contribution is 2.39. The van der Waals surface area contributed by atoms with Gasteiger partial charge in [-0.15, -0.1) is 0 Å². The molecule has 1 saturated heterocycles. The normalized spacial score (nSPS) is 16.8. The molecule has 1 unspecified atom stereocenters. The molecule has 0 spiro atoms. The minimum Gasteiger partial charge on any atom is -0.494 e. The van der Waals surface area contributed by atoms with Crippen LogP contribution in [0, 0.1) is 0 Å². The lowest BCUT2D eigenvalue weighted by Gasteiger charge is -2.19. The summed E-state index contributed by atoms with van der Waals surface area (Å²) in [6.45, 7) is 1.94. The van der Waals surface area contributed by atoms with Crippen molar-refractivity contribution in [2.45, 2.75) is 25.3 Å². The van der Waals surface area contributed by atoms with Crippen LogP contribution in [-0.2, 0) is 0 Å². The second-order valence-electron chi connectivity index (χ2n) is 8.23. The molecular weight excluding hydrogens is 450 g/mol. The molecule has 0 radical (unpaired) electrons. The molecule has 5 rings (SSSR count). The van der Waals surface area contributed by atoms with E-state index in [0.717, 1.165) is 56.7 Å². The summed E-state index contributed by atoms with van der Waals surface area (Å²) in [6, 6.07) is 21.6. The predicted molar refractivity (Wildman–Crippen MR) is 130 cm³/mol. The molecule has 0 bridgehead atoms. The van der Waals surface area contributed by atoms with Gasteiger partial charge in [-0.05, 0) is 78.1 Å². The molecule has 0 saturated carbocycles. The van der Waals surface area contributed by atoms with Crippen molar-refractivity contribution in [3.8, 4) is 28.1 Å². The molecule has 1 aliphatic rings. The lowest BCUT2D eigenvalue weighted by molar-refractivity contribution is 0.233. The first-order chi connectivity index (χ1) is 15.2. The highest BCUT2D eigenvalue weighted by Gasteiger charge is 2.20. The van der Waals surface area contributed by atoms with E-state index >= 15 is 0 Å². The fourth-order valence-electron chi connectivity index (χ4n) is 4.56. The summed E-state index contributed by atoms with van der Waals surface area (Å²) in [5.74, 6) is 0.912. The van der Waals surface area contributed by atoms with Gasteiger partial charge in [-0.3, -0.25) is 0 Å². The first kappa shape index (κ1) is 20.3. The molecule has 2 aromatic heterocycles. The first-order valence-corrected chi connectivity index (χ1v) is 11.6. The van der Waals surface area contributed by atoms with Gasteiger partial charge in [0.25, 0.3) is 0 Å². The Kier molecular flexibility index (Phi) is 5.79. The van der Waals surface area contributed by atoms with Gasteiger partial charge in [0.15, 0.2) is 0 Å². The van der Waals surface area contributed by atoms with E-state index in [9.17, 15) is 0 Å². The first-order valence-electron chi connectivity index (χ1n) is 10.8. The highest BCUT2D eigenvalue weighted by molar-refractivity contribution is 9.10. The zero-order chi connectivity index (χ0) is 21.2. The second kappa shape index (κ2) is 8.85. The summed E-state index contributed by atoms with van der Waals surface area (Å²) in [4.78, 5) is 10.6. The van der Waals surface area contributed by atoms with Crippen LogP contribution in [0.3, 0.4) is 0 Å². The molecule has 4 aromatic rings. The van der Waals surface area contributed by atoms with Crippen molar-refractivity contribution in [3.63, 3.8) is 0 Å².